The Morgan fingerprint density at radius 3 is 2.88 bits per heavy atom. The molecule has 1 aliphatic carbocycles. The van der Waals surface area contributed by atoms with E-state index in [0.717, 1.165) is 37.7 Å². The number of carbonyl (C=O) groups excluding carboxylic acids is 1. The lowest BCUT2D eigenvalue weighted by Crippen LogP contribution is -2.48. The van der Waals surface area contributed by atoms with Gasteiger partial charge in [-0.15, -0.1) is 0 Å². The van der Waals surface area contributed by atoms with Crippen LogP contribution in [0.15, 0.2) is 12.3 Å². The molecule has 0 saturated heterocycles. The van der Waals surface area contributed by atoms with Crippen LogP contribution in [0.25, 0.3) is 0 Å². The van der Waals surface area contributed by atoms with E-state index in [9.17, 15) is 4.79 Å². The number of rotatable bonds is 7. The molecular formula is C19H30N2O3. The molecular weight excluding hydrogens is 304 g/mol. The van der Waals surface area contributed by atoms with Crippen molar-refractivity contribution in [3.05, 3.63) is 17.8 Å². The van der Waals surface area contributed by atoms with Gasteiger partial charge in [-0.3, -0.25) is 4.79 Å². The zero-order valence-electron chi connectivity index (χ0n) is 15.4. The first kappa shape index (κ1) is 18.7. The van der Waals surface area contributed by atoms with E-state index in [-0.39, 0.29) is 5.91 Å². The second kappa shape index (κ2) is 8.47. The Hall–Kier alpha value is -1.62. The van der Waals surface area contributed by atoms with Crippen LogP contribution < -0.4 is 10.1 Å². The second-order valence-electron chi connectivity index (χ2n) is 6.78. The van der Waals surface area contributed by atoms with E-state index in [1.807, 2.05) is 19.9 Å². The average molecular weight is 334 g/mol. The molecule has 134 valence electrons. The molecule has 0 radical (unpaired) electrons. The van der Waals surface area contributed by atoms with Crippen LogP contribution in [0, 0.1) is 12.8 Å². The molecule has 0 bridgehead atoms. The number of hydrogen-bond donors (Lipinski definition) is 1. The number of ether oxygens (including phenoxy) is 2. The van der Waals surface area contributed by atoms with E-state index < -0.39 is 5.60 Å². The van der Waals surface area contributed by atoms with Gasteiger partial charge in [-0.2, -0.15) is 0 Å². The van der Waals surface area contributed by atoms with Crippen molar-refractivity contribution in [3.8, 4) is 5.88 Å². The summed E-state index contributed by atoms with van der Waals surface area (Å²) in [7, 11) is 0. The van der Waals surface area contributed by atoms with E-state index in [1.54, 1.807) is 6.20 Å². The van der Waals surface area contributed by atoms with Gasteiger partial charge in [0.25, 0.3) is 5.91 Å². The Bertz CT molecular complexity index is 558. The summed E-state index contributed by atoms with van der Waals surface area (Å²) in [6, 6.07) is 1.90. The molecule has 1 saturated carbocycles. The Labute approximate surface area is 145 Å². The highest BCUT2D eigenvalue weighted by molar-refractivity contribution is 5.97. The lowest BCUT2D eigenvalue weighted by molar-refractivity contribution is -0.147. The zero-order chi connectivity index (χ0) is 17.6. The minimum absolute atomic E-state index is 0.0562. The molecule has 0 unspecified atom stereocenters. The lowest BCUT2D eigenvalue weighted by atomic mass is 9.78. The standard InChI is InChI=1S/C19H30N2O3/c1-5-10-23-17-15(4)11-16(13-20-17)21-18(22)19(24-6-2)9-7-8-14(3)12-19/h11,13-14H,5-10,12H2,1-4H3,(H,21,22)/t14-,19+/m0/s1. The SMILES string of the molecule is CCCOc1ncc(NC(=O)[C@@]2(OCC)CCC[C@H](C)C2)cc1C. The summed E-state index contributed by atoms with van der Waals surface area (Å²) in [6.45, 7) is 9.31. The number of carbonyl (C=O) groups is 1. The normalized spacial score (nSPS) is 23.8. The van der Waals surface area contributed by atoms with Gasteiger partial charge in [-0.05, 0) is 51.5 Å². The minimum Gasteiger partial charge on any atom is -0.477 e. The van der Waals surface area contributed by atoms with Gasteiger partial charge >= 0.3 is 0 Å². The Balaban J connectivity index is 2.10. The van der Waals surface area contributed by atoms with Gasteiger partial charge in [0, 0.05) is 12.2 Å². The van der Waals surface area contributed by atoms with Gasteiger partial charge in [-0.1, -0.05) is 20.3 Å². The predicted molar refractivity (Wildman–Crippen MR) is 95.4 cm³/mol. The highest BCUT2D eigenvalue weighted by Gasteiger charge is 2.42. The molecule has 0 aliphatic heterocycles. The molecule has 1 aromatic rings. The van der Waals surface area contributed by atoms with Crippen LogP contribution in [0.2, 0.25) is 0 Å². The molecule has 2 rings (SSSR count). The maximum Gasteiger partial charge on any atom is 0.256 e. The number of aryl methyl sites for hydroxylation is 1. The summed E-state index contributed by atoms with van der Waals surface area (Å²) in [5.74, 6) is 1.07. The minimum atomic E-state index is -0.711. The molecule has 1 N–H and O–H groups in total. The van der Waals surface area contributed by atoms with Gasteiger partial charge in [0.1, 0.15) is 5.60 Å². The van der Waals surface area contributed by atoms with Gasteiger partial charge < -0.3 is 14.8 Å². The van der Waals surface area contributed by atoms with Crippen molar-refractivity contribution in [1.29, 1.82) is 0 Å². The van der Waals surface area contributed by atoms with Crippen LogP contribution in [0.4, 0.5) is 5.69 Å². The van der Waals surface area contributed by atoms with E-state index >= 15 is 0 Å². The van der Waals surface area contributed by atoms with Crippen LogP contribution in [-0.4, -0.2) is 29.7 Å². The fraction of sp³-hybridized carbons (Fsp3) is 0.684. The van der Waals surface area contributed by atoms with Crippen molar-refractivity contribution in [2.45, 2.75) is 65.4 Å². The molecule has 5 nitrogen and oxygen atoms in total. The number of anilines is 1. The van der Waals surface area contributed by atoms with Crippen LogP contribution in [0.5, 0.6) is 5.88 Å². The number of pyridine rings is 1. The molecule has 1 aliphatic rings. The fourth-order valence-electron chi connectivity index (χ4n) is 3.41. The van der Waals surface area contributed by atoms with Gasteiger partial charge in [-0.25, -0.2) is 4.98 Å². The first-order valence-corrected chi connectivity index (χ1v) is 9.05. The van der Waals surface area contributed by atoms with Crippen molar-refractivity contribution >= 4 is 11.6 Å². The van der Waals surface area contributed by atoms with Crippen LogP contribution in [0.3, 0.4) is 0 Å². The summed E-state index contributed by atoms with van der Waals surface area (Å²) in [4.78, 5) is 17.2. The summed E-state index contributed by atoms with van der Waals surface area (Å²) < 4.78 is 11.5. The molecule has 1 aromatic heterocycles. The van der Waals surface area contributed by atoms with Crippen LogP contribution in [0.1, 0.15) is 58.4 Å². The highest BCUT2D eigenvalue weighted by Crippen LogP contribution is 2.36. The first-order valence-electron chi connectivity index (χ1n) is 9.05. The maximum atomic E-state index is 12.9. The van der Waals surface area contributed by atoms with E-state index in [2.05, 4.69) is 24.1 Å². The molecule has 0 spiro atoms. The molecule has 5 heteroatoms. The monoisotopic (exact) mass is 334 g/mol. The molecule has 1 fully saturated rings. The van der Waals surface area contributed by atoms with Gasteiger partial charge in [0.15, 0.2) is 0 Å². The Kier molecular flexibility index (Phi) is 6.60. The van der Waals surface area contributed by atoms with E-state index in [1.165, 1.54) is 0 Å². The zero-order valence-corrected chi connectivity index (χ0v) is 15.4. The lowest BCUT2D eigenvalue weighted by Gasteiger charge is -2.38. The molecule has 24 heavy (non-hydrogen) atoms. The average Bonchev–Trinajstić information content (AvgIpc) is 2.54. The highest BCUT2D eigenvalue weighted by atomic mass is 16.5. The van der Waals surface area contributed by atoms with Gasteiger partial charge in [0.2, 0.25) is 5.88 Å². The predicted octanol–water partition coefficient (Wildman–Crippen LogP) is 4.10. The van der Waals surface area contributed by atoms with E-state index in [4.69, 9.17) is 9.47 Å². The van der Waals surface area contributed by atoms with Gasteiger partial charge in [0.05, 0.1) is 18.5 Å². The summed E-state index contributed by atoms with van der Waals surface area (Å²) >= 11 is 0. The number of nitrogens with zero attached hydrogens (tertiary/aromatic N) is 1. The number of hydrogen-bond acceptors (Lipinski definition) is 4. The van der Waals surface area contributed by atoms with E-state index in [0.29, 0.717) is 30.7 Å². The molecule has 2 atom stereocenters. The van der Waals surface area contributed by atoms with Crippen LogP contribution in [-0.2, 0) is 9.53 Å². The first-order chi connectivity index (χ1) is 11.5. The fourth-order valence-corrected chi connectivity index (χ4v) is 3.41. The van der Waals surface area contributed by atoms with Crippen LogP contribution >= 0.6 is 0 Å². The second-order valence-corrected chi connectivity index (χ2v) is 6.78. The largest absolute Gasteiger partial charge is 0.477 e. The van der Waals surface area contributed by atoms with Crippen molar-refractivity contribution in [3.63, 3.8) is 0 Å². The quantitative estimate of drug-likeness (QED) is 0.815. The maximum absolute atomic E-state index is 12.9. The Morgan fingerprint density at radius 1 is 1.46 bits per heavy atom. The summed E-state index contributed by atoms with van der Waals surface area (Å²) in [5.41, 5.74) is 0.903. The summed E-state index contributed by atoms with van der Waals surface area (Å²) in [5, 5.41) is 3.00. The molecule has 0 aromatic carbocycles. The van der Waals surface area contributed by atoms with Crippen molar-refractivity contribution in [2.24, 2.45) is 5.92 Å². The third-order valence-corrected chi connectivity index (χ3v) is 4.52. The molecule has 1 heterocycles. The third kappa shape index (κ3) is 4.47. The van der Waals surface area contributed by atoms with Crippen molar-refractivity contribution in [2.75, 3.05) is 18.5 Å². The Morgan fingerprint density at radius 2 is 2.25 bits per heavy atom. The smallest absolute Gasteiger partial charge is 0.256 e. The third-order valence-electron chi connectivity index (χ3n) is 4.52. The molecule has 1 amide bonds. The van der Waals surface area contributed by atoms with Crippen molar-refractivity contribution in [1.82, 2.24) is 4.98 Å². The number of aromatic nitrogens is 1. The number of nitrogens with one attached hydrogen (secondary N) is 1. The van der Waals surface area contributed by atoms with Crippen molar-refractivity contribution < 1.29 is 14.3 Å². The topological polar surface area (TPSA) is 60.5 Å². The summed E-state index contributed by atoms with van der Waals surface area (Å²) in [6.07, 6.45) is 6.33. The number of amides is 1.